The molecule has 0 radical (unpaired) electrons. The molecule has 6 heteroatoms. The summed E-state index contributed by atoms with van der Waals surface area (Å²) in [6.45, 7) is 6.52. The van der Waals surface area contributed by atoms with Crippen molar-refractivity contribution in [3.63, 3.8) is 0 Å². The highest BCUT2D eigenvalue weighted by atomic mass is 19.1. The first kappa shape index (κ1) is 16.9. The number of nitrogens with one attached hydrogen (secondary N) is 1. The second kappa shape index (κ2) is 6.56. The Labute approximate surface area is 123 Å². The van der Waals surface area contributed by atoms with E-state index in [1.807, 2.05) is 13.8 Å². The highest BCUT2D eigenvalue weighted by Gasteiger charge is 2.30. The van der Waals surface area contributed by atoms with Crippen LogP contribution >= 0.6 is 0 Å². The topological polar surface area (TPSA) is 75.6 Å². The van der Waals surface area contributed by atoms with Crippen LogP contribution in [0.1, 0.15) is 34.1 Å². The molecule has 0 aliphatic rings. The van der Waals surface area contributed by atoms with Crippen molar-refractivity contribution in [1.29, 1.82) is 0 Å². The first-order valence-electron chi connectivity index (χ1n) is 6.61. The number of hydrogen-bond donors (Lipinski definition) is 2. The zero-order valence-electron chi connectivity index (χ0n) is 12.6. The zero-order chi connectivity index (χ0) is 16.2. The number of carboxylic acids is 1. The summed E-state index contributed by atoms with van der Waals surface area (Å²) in [6.07, 6.45) is -0.360. The van der Waals surface area contributed by atoms with Gasteiger partial charge < -0.3 is 15.2 Å². The number of ether oxygens (including phenoxy) is 1. The lowest BCUT2D eigenvalue weighted by atomic mass is 9.89. The molecule has 5 nitrogen and oxygen atoms in total. The molecule has 1 aromatic carbocycles. The standard InChI is InChI=1S/C15H20FNO4/c1-9(2)21-12-6-5-10(16)7-11(12)17-13(18)8-15(3,4)14(19)20/h5-7,9H,8H2,1-4H3,(H,17,18)(H,19,20). The SMILES string of the molecule is CC(C)Oc1ccc(F)cc1NC(=O)CC(C)(C)C(=O)O. The molecule has 21 heavy (non-hydrogen) atoms. The van der Waals surface area contributed by atoms with Gasteiger partial charge in [0.1, 0.15) is 11.6 Å². The molecular weight excluding hydrogens is 277 g/mol. The van der Waals surface area contributed by atoms with Crippen molar-refractivity contribution >= 4 is 17.6 Å². The van der Waals surface area contributed by atoms with Crippen LogP contribution in [0, 0.1) is 11.2 Å². The Hall–Kier alpha value is -2.11. The first-order chi connectivity index (χ1) is 9.61. The maximum Gasteiger partial charge on any atom is 0.309 e. The molecule has 0 fully saturated rings. The predicted molar refractivity (Wildman–Crippen MR) is 76.8 cm³/mol. The summed E-state index contributed by atoms with van der Waals surface area (Å²) in [6, 6.07) is 3.80. The summed E-state index contributed by atoms with van der Waals surface area (Å²) in [5.74, 6) is -1.76. The Morgan fingerprint density at radius 3 is 2.52 bits per heavy atom. The second-order valence-corrected chi connectivity index (χ2v) is 5.72. The van der Waals surface area contributed by atoms with Crippen molar-refractivity contribution in [2.24, 2.45) is 5.41 Å². The molecule has 0 unspecified atom stereocenters. The van der Waals surface area contributed by atoms with Gasteiger partial charge in [0.2, 0.25) is 5.91 Å². The smallest absolute Gasteiger partial charge is 0.309 e. The van der Waals surface area contributed by atoms with Crippen LogP contribution in [0.5, 0.6) is 5.75 Å². The second-order valence-electron chi connectivity index (χ2n) is 5.72. The van der Waals surface area contributed by atoms with E-state index >= 15 is 0 Å². The molecule has 2 N–H and O–H groups in total. The van der Waals surface area contributed by atoms with Crippen LogP contribution in [0.3, 0.4) is 0 Å². The van der Waals surface area contributed by atoms with Crippen molar-refractivity contribution in [2.75, 3.05) is 5.32 Å². The quantitative estimate of drug-likeness (QED) is 0.846. The van der Waals surface area contributed by atoms with Crippen molar-refractivity contribution in [1.82, 2.24) is 0 Å². The minimum absolute atomic E-state index is 0.137. The van der Waals surface area contributed by atoms with E-state index in [9.17, 15) is 14.0 Å². The number of carbonyl (C=O) groups is 2. The van der Waals surface area contributed by atoms with Gasteiger partial charge in [0.15, 0.2) is 0 Å². The Morgan fingerprint density at radius 1 is 1.38 bits per heavy atom. The molecule has 0 aliphatic carbocycles. The number of benzene rings is 1. The summed E-state index contributed by atoms with van der Waals surface area (Å²) in [7, 11) is 0. The fraction of sp³-hybridized carbons (Fsp3) is 0.467. The number of hydrogen-bond acceptors (Lipinski definition) is 3. The molecule has 1 aromatic rings. The van der Waals surface area contributed by atoms with Gasteiger partial charge in [-0.2, -0.15) is 0 Å². The monoisotopic (exact) mass is 297 g/mol. The maximum absolute atomic E-state index is 13.3. The van der Waals surface area contributed by atoms with Crippen molar-refractivity contribution in [3.05, 3.63) is 24.0 Å². The molecule has 0 saturated carbocycles. The van der Waals surface area contributed by atoms with E-state index in [-0.39, 0.29) is 18.2 Å². The summed E-state index contributed by atoms with van der Waals surface area (Å²) in [5, 5.41) is 11.5. The van der Waals surface area contributed by atoms with Gasteiger partial charge in [-0.25, -0.2) is 4.39 Å². The third-order valence-corrected chi connectivity index (χ3v) is 2.76. The predicted octanol–water partition coefficient (Wildman–Crippen LogP) is 3.05. The maximum atomic E-state index is 13.3. The van der Waals surface area contributed by atoms with Crippen LogP contribution in [0.2, 0.25) is 0 Å². The molecule has 0 bridgehead atoms. The first-order valence-corrected chi connectivity index (χ1v) is 6.61. The molecule has 0 aliphatic heterocycles. The summed E-state index contributed by atoms with van der Waals surface area (Å²) in [4.78, 5) is 22.9. The number of halogens is 1. The average molecular weight is 297 g/mol. The number of carbonyl (C=O) groups excluding carboxylic acids is 1. The van der Waals surface area contributed by atoms with E-state index in [2.05, 4.69) is 5.32 Å². The fourth-order valence-electron chi connectivity index (χ4n) is 1.63. The van der Waals surface area contributed by atoms with E-state index in [0.717, 1.165) is 6.07 Å². The Balaban J connectivity index is 2.89. The third kappa shape index (κ3) is 5.06. The van der Waals surface area contributed by atoms with Crippen LogP contribution in [-0.4, -0.2) is 23.1 Å². The van der Waals surface area contributed by atoms with Gasteiger partial charge in [-0.05, 0) is 39.8 Å². The summed E-state index contributed by atoms with van der Waals surface area (Å²) in [5.41, 5.74) is -1.01. The van der Waals surface area contributed by atoms with Crippen molar-refractivity contribution in [2.45, 2.75) is 40.2 Å². The van der Waals surface area contributed by atoms with Gasteiger partial charge in [-0.1, -0.05) is 0 Å². The van der Waals surface area contributed by atoms with Crippen molar-refractivity contribution < 1.29 is 23.8 Å². The van der Waals surface area contributed by atoms with Gasteiger partial charge in [0.05, 0.1) is 17.2 Å². The Kier molecular flexibility index (Phi) is 5.29. The largest absolute Gasteiger partial charge is 0.489 e. The van der Waals surface area contributed by atoms with Crippen LogP contribution in [0.15, 0.2) is 18.2 Å². The molecule has 116 valence electrons. The number of anilines is 1. The molecule has 0 atom stereocenters. The summed E-state index contributed by atoms with van der Waals surface area (Å²) >= 11 is 0. The van der Waals surface area contributed by atoms with E-state index in [0.29, 0.717) is 5.75 Å². The van der Waals surface area contributed by atoms with E-state index in [4.69, 9.17) is 9.84 Å². The van der Waals surface area contributed by atoms with Gasteiger partial charge in [0.25, 0.3) is 0 Å². The lowest BCUT2D eigenvalue weighted by molar-refractivity contribution is -0.148. The Morgan fingerprint density at radius 2 is 2.00 bits per heavy atom. The minimum Gasteiger partial charge on any atom is -0.489 e. The fourth-order valence-corrected chi connectivity index (χ4v) is 1.63. The lowest BCUT2D eigenvalue weighted by Crippen LogP contribution is -2.29. The number of amides is 1. The summed E-state index contributed by atoms with van der Waals surface area (Å²) < 4.78 is 18.8. The van der Waals surface area contributed by atoms with Gasteiger partial charge >= 0.3 is 5.97 Å². The van der Waals surface area contributed by atoms with Gasteiger partial charge in [-0.3, -0.25) is 9.59 Å². The molecule has 0 saturated heterocycles. The molecule has 0 heterocycles. The van der Waals surface area contributed by atoms with Crippen LogP contribution in [0.25, 0.3) is 0 Å². The highest BCUT2D eigenvalue weighted by molar-refractivity contribution is 5.95. The third-order valence-electron chi connectivity index (χ3n) is 2.76. The number of carboxylic acid groups (broad SMARTS) is 1. The van der Waals surface area contributed by atoms with Crippen molar-refractivity contribution in [3.8, 4) is 5.75 Å². The van der Waals surface area contributed by atoms with Crippen LogP contribution in [-0.2, 0) is 9.59 Å². The van der Waals surface area contributed by atoms with E-state index in [1.54, 1.807) is 0 Å². The molecule has 0 spiro atoms. The van der Waals surface area contributed by atoms with E-state index < -0.39 is 23.1 Å². The molecule has 1 rings (SSSR count). The Bertz CT molecular complexity index is 540. The average Bonchev–Trinajstić information content (AvgIpc) is 2.31. The van der Waals surface area contributed by atoms with Crippen LogP contribution in [0.4, 0.5) is 10.1 Å². The minimum atomic E-state index is -1.20. The van der Waals surface area contributed by atoms with E-state index in [1.165, 1.54) is 26.0 Å². The van der Waals surface area contributed by atoms with Gasteiger partial charge in [-0.15, -0.1) is 0 Å². The zero-order valence-corrected chi connectivity index (χ0v) is 12.6. The molecular formula is C15H20FNO4. The van der Waals surface area contributed by atoms with Gasteiger partial charge in [0, 0.05) is 12.5 Å². The number of rotatable bonds is 6. The number of aliphatic carboxylic acids is 1. The lowest BCUT2D eigenvalue weighted by Gasteiger charge is -2.19. The normalized spacial score (nSPS) is 11.3. The highest BCUT2D eigenvalue weighted by Crippen LogP contribution is 2.28. The molecule has 1 amide bonds. The van der Waals surface area contributed by atoms with Crippen LogP contribution < -0.4 is 10.1 Å². The molecule has 0 aromatic heterocycles.